The number of fused-ring (bicyclic) bond motifs is 1. The van der Waals surface area contributed by atoms with Crippen LogP contribution in [-0.4, -0.2) is 36.2 Å². The number of anilines is 2. The summed E-state index contributed by atoms with van der Waals surface area (Å²) in [5.74, 6) is -0.646. The summed E-state index contributed by atoms with van der Waals surface area (Å²) in [5, 5.41) is 4.85. The van der Waals surface area contributed by atoms with E-state index >= 15 is 0 Å². The number of hydrogen-bond donors (Lipinski definition) is 2. The van der Waals surface area contributed by atoms with E-state index in [1.54, 1.807) is 37.4 Å². The van der Waals surface area contributed by atoms with Crippen molar-refractivity contribution in [1.29, 1.82) is 0 Å². The van der Waals surface area contributed by atoms with Gasteiger partial charge in [-0.15, -0.1) is 11.8 Å². The second-order valence-electron chi connectivity index (χ2n) is 6.15. The Hall–Kier alpha value is -3.00. The van der Waals surface area contributed by atoms with E-state index in [4.69, 9.17) is 9.47 Å². The number of benzene rings is 2. The molecule has 8 heteroatoms. The minimum atomic E-state index is -0.987. The quantitative estimate of drug-likeness (QED) is 0.724. The molecule has 2 amide bonds. The van der Waals surface area contributed by atoms with Crippen molar-refractivity contribution in [2.45, 2.75) is 29.6 Å². The number of esters is 1. The van der Waals surface area contributed by atoms with Crippen molar-refractivity contribution in [2.75, 3.05) is 17.7 Å². The number of rotatable bonds is 6. The molecule has 1 aliphatic rings. The predicted octanol–water partition coefficient (Wildman–Crippen LogP) is 3.07. The van der Waals surface area contributed by atoms with Gasteiger partial charge in [0.1, 0.15) is 5.75 Å². The molecule has 7 nitrogen and oxygen atoms in total. The highest BCUT2D eigenvalue weighted by atomic mass is 32.2. The van der Waals surface area contributed by atoms with Gasteiger partial charge in [-0.25, -0.2) is 0 Å². The lowest BCUT2D eigenvalue weighted by atomic mass is 10.2. The van der Waals surface area contributed by atoms with Gasteiger partial charge in [-0.3, -0.25) is 14.4 Å². The molecule has 2 aromatic rings. The van der Waals surface area contributed by atoms with Crippen LogP contribution in [-0.2, 0) is 19.1 Å². The second kappa shape index (κ2) is 8.79. The van der Waals surface area contributed by atoms with Crippen LogP contribution in [0.4, 0.5) is 11.4 Å². The van der Waals surface area contributed by atoms with Gasteiger partial charge >= 0.3 is 5.97 Å². The third kappa shape index (κ3) is 4.83. The van der Waals surface area contributed by atoms with Gasteiger partial charge in [0.25, 0.3) is 5.91 Å². The van der Waals surface area contributed by atoms with Crippen molar-refractivity contribution in [2.24, 2.45) is 0 Å². The Kier molecular flexibility index (Phi) is 6.20. The maximum absolute atomic E-state index is 12.2. The Morgan fingerprint density at radius 2 is 1.89 bits per heavy atom. The SMILES string of the molecule is COc1ccc(NC(=O)[C@@H](C)OC(=O)C[C@H]2Sc3ccccc3NC2=O)cc1. The number of thioether (sulfide) groups is 1. The average molecular weight is 400 g/mol. The number of hydrogen-bond acceptors (Lipinski definition) is 6. The van der Waals surface area contributed by atoms with Gasteiger partial charge in [0.15, 0.2) is 6.10 Å². The lowest BCUT2D eigenvalue weighted by Crippen LogP contribution is -2.34. The largest absolute Gasteiger partial charge is 0.497 e. The minimum Gasteiger partial charge on any atom is -0.497 e. The summed E-state index contributed by atoms with van der Waals surface area (Å²) in [6, 6.07) is 14.2. The zero-order valence-corrected chi connectivity index (χ0v) is 16.2. The van der Waals surface area contributed by atoms with E-state index in [0.29, 0.717) is 11.4 Å². The molecule has 0 saturated heterocycles. The highest BCUT2D eigenvalue weighted by Crippen LogP contribution is 2.36. The third-order valence-corrected chi connectivity index (χ3v) is 5.37. The van der Waals surface area contributed by atoms with Crippen molar-refractivity contribution in [3.63, 3.8) is 0 Å². The lowest BCUT2D eigenvalue weighted by Gasteiger charge is -2.23. The van der Waals surface area contributed by atoms with Crippen LogP contribution in [0.2, 0.25) is 0 Å². The molecular formula is C20H20N2O5S. The summed E-state index contributed by atoms with van der Waals surface area (Å²) in [5.41, 5.74) is 1.29. The van der Waals surface area contributed by atoms with Gasteiger partial charge in [-0.1, -0.05) is 12.1 Å². The Bertz CT molecular complexity index is 884. The molecule has 3 rings (SSSR count). The van der Waals surface area contributed by atoms with Crippen LogP contribution in [0.25, 0.3) is 0 Å². The molecule has 0 unspecified atom stereocenters. The van der Waals surface area contributed by atoms with Gasteiger partial charge in [-0.05, 0) is 43.3 Å². The van der Waals surface area contributed by atoms with E-state index in [9.17, 15) is 14.4 Å². The Morgan fingerprint density at radius 3 is 2.61 bits per heavy atom. The normalized spacial score (nSPS) is 16.4. The molecule has 1 heterocycles. The maximum atomic E-state index is 12.2. The van der Waals surface area contributed by atoms with E-state index < -0.39 is 23.2 Å². The van der Waals surface area contributed by atoms with Crippen LogP contribution in [0.1, 0.15) is 13.3 Å². The monoisotopic (exact) mass is 400 g/mol. The van der Waals surface area contributed by atoms with Crippen LogP contribution in [0.15, 0.2) is 53.4 Å². The topological polar surface area (TPSA) is 93.7 Å². The van der Waals surface area contributed by atoms with Gasteiger partial charge in [0.2, 0.25) is 5.91 Å². The number of carbonyl (C=O) groups is 3. The number of methoxy groups -OCH3 is 1. The molecule has 0 bridgehead atoms. The predicted molar refractivity (Wildman–Crippen MR) is 107 cm³/mol. The summed E-state index contributed by atoms with van der Waals surface area (Å²) in [4.78, 5) is 37.5. The van der Waals surface area contributed by atoms with E-state index in [1.807, 2.05) is 18.2 Å². The lowest BCUT2D eigenvalue weighted by molar-refractivity contribution is -0.153. The number of ether oxygens (including phenoxy) is 2. The molecule has 2 atom stereocenters. The average Bonchev–Trinajstić information content (AvgIpc) is 2.69. The number of nitrogens with one attached hydrogen (secondary N) is 2. The minimum absolute atomic E-state index is 0.120. The third-order valence-electron chi connectivity index (χ3n) is 4.09. The molecular weight excluding hydrogens is 380 g/mol. The first-order valence-corrected chi connectivity index (χ1v) is 9.55. The molecule has 2 N–H and O–H groups in total. The summed E-state index contributed by atoms with van der Waals surface area (Å²) in [6.45, 7) is 1.49. The molecule has 28 heavy (non-hydrogen) atoms. The van der Waals surface area contributed by atoms with E-state index in [2.05, 4.69) is 10.6 Å². The standard InChI is InChI=1S/C20H20N2O5S/c1-12(19(24)21-13-7-9-14(26-2)10-8-13)27-18(23)11-17-20(25)22-15-5-3-4-6-16(15)28-17/h3-10,12,17H,11H2,1-2H3,(H,21,24)(H,22,25)/t12-,17-/m1/s1. The van der Waals surface area contributed by atoms with Crippen molar-refractivity contribution in [3.05, 3.63) is 48.5 Å². The van der Waals surface area contributed by atoms with Crippen molar-refractivity contribution >= 4 is 40.9 Å². The first kappa shape index (κ1) is 19.8. The highest BCUT2D eigenvalue weighted by Gasteiger charge is 2.30. The van der Waals surface area contributed by atoms with Crippen LogP contribution in [0.5, 0.6) is 5.75 Å². The molecule has 0 aliphatic carbocycles. The molecule has 0 radical (unpaired) electrons. The Morgan fingerprint density at radius 1 is 1.18 bits per heavy atom. The number of para-hydroxylation sites is 1. The molecule has 1 aliphatic heterocycles. The Labute approximate surface area is 166 Å². The van der Waals surface area contributed by atoms with Crippen molar-refractivity contribution < 1.29 is 23.9 Å². The highest BCUT2D eigenvalue weighted by molar-refractivity contribution is 8.01. The fourth-order valence-corrected chi connectivity index (χ4v) is 3.69. The van der Waals surface area contributed by atoms with Gasteiger partial charge in [-0.2, -0.15) is 0 Å². The number of amides is 2. The molecule has 0 aromatic heterocycles. The zero-order valence-electron chi connectivity index (χ0n) is 15.4. The summed E-state index contributed by atoms with van der Waals surface area (Å²) in [7, 11) is 1.55. The van der Waals surface area contributed by atoms with E-state index in [0.717, 1.165) is 10.6 Å². The van der Waals surface area contributed by atoms with E-state index in [1.165, 1.54) is 18.7 Å². The zero-order chi connectivity index (χ0) is 20.1. The van der Waals surface area contributed by atoms with Crippen LogP contribution < -0.4 is 15.4 Å². The molecule has 0 fully saturated rings. The van der Waals surface area contributed by atoms with E-state index in [-0.39, 0.29) is 12.3 Å². The summed E-state index contributed by atoms with van der Waals surface area (Å²) < 4.78 is 10.3. The molecule has 146 valence electrons. The van der Waals surface area contributed by atoms with Crippen molar-refractivity contribution in [1.82, 2.24) is 0 Å². The summed E-state index contributed by atoms with van der Waals surface area (Å²) >= 11 is 1.31. The smallest absolute Gasteiger partial charge is 0.308 e. The van der Waals surface area contributed by atoms with Crippen LogP contribution in [0.3, 0.4) is 0 Å². The first-order chi connectivity index (χ1) is 13.5. The Balaban J connectivity index is 1.52. The van der Waals surface area contributed by atoms with Gasteiger partial charge in [0.05, 0.1) is 24.5 Å². The molecule has 0 saturated carbocycles. The number of carbonyl (C=O) groups excluding carboxylic acids is 3. The fourth-order valence-electron chi connectivity index (χ4n) is 2.60. The molecule has 0 spiro atoms. The summed E-state index contributed by atoms with van der Waals surface area (Å²) in [6.07, 6.45) is -1.11. The van der Waals surface area contributed by atoms with Crippen LogP contribution >= 0.6 is 11.8 Å². The first-order valence-electron chi connectivity index (χ1n) is 8.67. The van der Waals surface area contributed by atoms with Crippen LogP contribution in [0, 0.1) is 0 Å². The molecule has 2 aromatic carbocycles. The van der Waals surface area contributed by atoms with Crippen molar-refractivity contribution in [3.8, 4) is 5.75 Å². The van der Waals surface area contributed by atoms with Gasteiger partial charge < -0.3 is 20.1 Å². The maximum Gasteiger partial charge on any atom is 0.308 e. The fraction of sp³-hybridized carbons (Fsp3) is 0.250. The second-order valence-corrected chi connectivity index (χ2v) is 7.39. The van der Waals surface area contributed by atoms with Gasteiger partial charge in [0, 0.05) is 10.6 Å².